The van der Waals surface area contributed by atoms with Crippen molar-refractivity contribution >= 4 is 11.7 Å². The Bertz CT molecular complexity index is 503. The number of carboxylic acids is 1. The van der Waals surface area contributed by atoms with E-state index < -0.39 is 34.5 Å². The van der Waals surface area contributed by atoms with Gasteiger partial charge in [-0.3, -0.25) is 0 Å². The minimum atomic E-state index is -1.39. The van der Waals surface area contributed by atoms with Gasteiger partial charge in [-0.05, 0) is 25.0 Å². The molecular weight excluding hydrogens is 280 g/mol. The summed E-state index contributed by atoms with van der Waals surface area (Å²) in [6, 6.07) is 1.54. The molecule has 3 N–H and O–H groups in total. The van der Waals surface area contributed by atoms with Gasteiger partial charge >= 0.3 is 5.97 Å². The van der Waals surface area contributed by atoms with Crippen molar-refractivity contribution in [2.45, 2.75) is 44.1 Å². The van der Waals surface area contributed by atoms with Gasteiger partial charge in [0.2, 0.25) is 0 Å². The van der Waals surface area contributed by atoms with Gasteiger partial charge in [-0.1, -0.05) is 25.7 Å². The molecule has 6 heteroatoms. The summed E-state index contributed by atoms with van der Waals surface area (Å²) >= 11 is 0. The van der Waals surface area contributed by atoms with E-state index in [1.807, 2.05) is 0 Å². The van der Waals surface area contributed by atoms with E-state index in [0.717, 1.165) is 37.8 Å². The van der Waals surface area contributed by atoms with E-state index in [2.05, 4.69) is 5.32 Å². The van der Waals surface area contributed by atoms with E-state index in [0.29, 0.717) is 12.8 Å². The van der Waals surface area contributed by atoms with Crippen molar-refractivity contribution in [3.63, 3.8) is 0 Å². The Morgan fingerprint density at radius 3 is 2.14 bits per heavy atom. The van der Waals surface area contributed by atoms with Crippen LogP contribution in [0.3, 0.4) is 0 Å². The Labute approximate surface area is 121 Å². The lowest BCUT2D eigenvalue weighted by atomic mass is 9.94. The third kappa shape index (κ3) is 3.91. The minimum Gasteiger partial charge on any atom is -0.478 e. The summed E-state index contributed by atoms with van der Waals surface area (Å²) in [6.07, 6.45) is 5.08. The molecule has 116 valence electrons. The number of nitrogens with one attached hydrogen (secondary N) is 1. The molecule has 1 aliphatic carbocycles. The predicted octanol–water partition coefficient (Wildman–Crippen LogP) is 3.16. The van der Waals surface area contributed by atoms with Gasteiger partial charge in [0, 0.05) is 6.54 Å². The van der Waals surface area contributed by atoms with Crippen molar-refractivity contribution in [1.82, 2.24) is 0 Å². The molecule has 1 fully saturated rings. The molecule has 1 aromatic carbocycles. The van der Waals surface area contributed by atoms with E-state index in [1.165, 1.54) is 0 Å². The van der Waals surface area contributed by atoms with Gasteiger partial charge < -0.3 is 15.5 Å². The summed E-state index contributed by atoms with van der Waals surface area (Å²) in [6.45, 7) is 0.0489. The number of rotatable bonds is 4. The number of halogens is 2. The first-order valence-electron chi connectivity index (χ1n) is 7.10. The van der Waals surface area contributed by atoms with Gasteiger partial charge in [0.1, 0.15) is 17.3 Å². The zero-order chi connectivity index (χ0) is 15.5. The van der Waals surface area contributed by atoms with Crippen LogP contribution in [0.5, 0.6) is 0 Å². The lowest BCUT2D eigenvalue weighted by Gasteiger charge is -2.27. The monoisotopic (exact) mass is 299 g/mol. The van der Waals surface area contributed by atoms with Crippen LogP contribution in [-0.4, -0.2) is 28.3 Å². The molecule has 0 aliphatic heterocycles. The van der Waals surface area contributed by atoms with Crippen molar-refractivity contribution in [1.29, 1.82) is 0 Å². The molecule has 0 radical (unpaired) electrons. The molecule has 21 heavy (non-hydrogen) atoms. The van der Waals surface area contributed by atoms with Crippen LogP contribution in [0.4, 0.5) is 14.5 Å². The average molecular weight is 299 g/mol. The Kier molecular flexibility index (Phi) is 4.77. The van der Waals surface area contributed by atoms with Crippen LogP contribution >= 0.6 is 0 Å². The van der Waals surface area contributed by atoms with Crippen molar-refractivity contribution in [3.8, 4) is 0 Å². The maximum absolute atomic E-state index is 13.8. The fourth-order valence-corrected chi connectivity index (χ4v) is 2.68. The van der Waals surface area contributed by atoms with E-state index >= 15 is 0 Å². The predicted molar refractivity (Wildman–Crippen MR) is 74.5 cm³/mol. The Balaban J connectivity index is 2.11. The second-order valence-electron chi connectivity index (χ2n) is 5.61. The smallest absolute Gasteiger partial charge is 0.335 e. The summed E-state index contributed by atoms with van der Waals surface area (Å²) in [5.74, 6) is -3.32. The third-order valence-electron chi connectivity index (χ3n) is 3.92. The highest BCUT2D eigenvalue weighted by Crippen LogP contribution is 2.28. The van der Waals surface area contributed by atoms with Gasteiger partial charge in [0.05, 0.1) is 11.2 Å². The van der Waals surface area contributed by atoms with Crippen LogP contribution in [0.2, 0.25) is 0 Å². The van der Waals surface area contributed by atoms with E-state index in [4.69, 9.17) is 5.11 Å². The van der Waals surface area contributed by atoms with Crippen molar-refractivity contribution in [2.24, 2.45) is 0 Å². The minimum absolute atomic E-state index is 0.0489. The molecule has 0 heterocycles. The van der Waals surface area contributed by atoms with Gasteiger partial charge in [0.15, 0.2) is 0 Å². The number of hydrogen-bond acceptors (Lipinski definition) is 3. The van der Waals surface area contributed by atoms with Gasteiger partial charge in [-0.15, -0.1) is 0 Å². The molecule has 0 unspecified atom stereocenters. The number of carboxylic acid groups (broad SMARTS) is 1. The average Bonchev–Trinajstić information content (AvgIpc) is 2.62. The molecule has 1 aliphatic rings. The third-order valence-corrected chi connectivity index (χ3v) is 3.92. The number of hydrogen-bond donors (Lipinski definition) is 3. The highest BCUT2D eigenvalue weighted by molar-refractivity contribution is 5.88. The molecule has 0 atom stereocenters. The lowest BCUT2D eigenvalue weighted by molar-refractivity contribution is 0.0380. The Hall–Kier alpha value is -1.69. The standard InChI is InChI=1S/C15H19F2NO3/c16-11-7-10(14(19)20)8-12(17)13(11)18-9-15(21)5-3-1-2-4-6-15/h7-8,18,21H,1-6,9H2,(H,19,20). The summed E-state index contributed by atoms with van der Waals surface area (Å²) in [5, 5.41) is 21.8. The molecule has 0 bridgehead atoms. The zero-order valence-corrected chi connectivity index (χ0v) is 11.7. The number of benzene rings is 1. The quantitative estimate of drug-likeness (QED) is 0.747. The second kappa shape index (κ2) is 6.39. The molecule has 1 aromatic rings. The van der Waals surface area contributed by atoms with Crippen molar-refractivity contribution in [3.05, 3.63) is 29.3 Å². The largest absolute Gasteiger partial charge is 0.478 e. The SMILES string of the molecule is O=C(O)c1cc(F)c(NCC2(O)CCCCCC2)c(F)c1. The van der Waals surface area contributed by atoms with Crippen LogP contribution in [0.25, 0.3) is 0 Å². The number of anilines is 1. The topological polar surface area (TPSA) is 69.6 Å². The molecule has 0 spiro atoms. The molecule has 0 amide bonds. The number of carbonyl (C=O) groups is 1. The van der Waals surface area contributed by atoms with Crippen LogP contribution < -0.4 is 5.32 Å². The first-order valence-corrected chi connectivity index (χ1v) is 7.10. The summed E-state index contributed by atoms with van der Waals surface area (Å²) in [5.41, 5.74) is -1.80. The normalized spacial score (nSPS) is 18.0. The highest BCUT2D eigenvalue weighted by Gasteiger charge is 2.28. The maximum Gasteiger partial charge on any atom is 0.335 e. The fourth-order valence-electron chi connectivity index (χ4n) is 2.68. The van der Waals surface area contributed by atoms with E-state index in [1.54, 1.807) is 0 Å². The molecule has 0 aromatic heterocycles. The summed E-state index contributed by atoms with van der Waals surface area (Å²) < 4.78 is 27.6. The number of aromatic carboxylic acids is 1. The van der Waals surface area contributed by atoms with Crippen LogP contribution in [0.15, 0.2) is 12.1 Å². The molecule has 4 nitrogen and oxygen atoms in total. The molecular formula is C15H19F2NO3. The van der Waals surface area contributed by atoms with E-state index in [-0.39, 0.29) is 6.54 Å². The van der Waals surface area contributed by atoms with Crippen molar-refractivity contribution < 1.29 is 23.8 Å². The van der Waals surface area contributed by atoms with Gasteiger partial charge in [0.25, 0.3) is 0 Å². The Morgan fingerprint density at radius 2 is 1.67 bits per heavy atom. The second-order valence-corrected chi connectivity index (χ2v) is 5.61. The fraction of sp³-hybridized carbons (Fsp3) is 0.533. The van der Waals surface area contributed by atoms with Gasteiger partial charge in [-0.2, -0.15) is 0 Å². The summed E-state index contributed by atoms with van der Waals surface area (Å²) in [4.78, 5) is 10.7. The maximum atomic E-state index is 13.8. The van der Waals surface area contributed by atoms with Crippen LogP contribution in [0, 0.1) is 11.6 Å². The van der Waals surface area contributed by atoms with Crippen LogP contribution in [0.1, 0.15) is 48.9 Å². The molecule has 0 saturated heterocycles. The molecule has 2 rings (SSSR count). The first kappa shape index (κ1) is 15.7. The van der Waals surface area contributed by atoms with Crippen LogP contribution in [-0.2, 0) is 0 Å². The molecule has 1 saturated carbocycles. The van der Waals surface area contributed by atoms with E-state index in [9.17, 15) is 18.7 Å². The first-order chi connectivity index (χ1) is 9.91. The van der Waals surface area contributed by atoms with Crippen molar-refractivity contribution in [2.75, 3.05) is 11.9 Å². The summed E-state index contributed by atoms with van der Waals surface area (Å²) in [7, 11) is 0. The Morgan fingerprint density at radius 1 is 1.14 bits per heavy atom. The lowest BCUT2D eigenvalue weighted by Crippen LogP contribution is -2.36. The highest BCUT2D eigenvalue weighted by atomic mass is 19.1. The van der Waals surface area contributed by atoms with Gasteiger partial charge in [-0.25, -0.2) is 13.6 Å². The zero-order valence-electron chi connectivity index (χ0n) is 11.7. The number of aliphatic hydroxyl groups is 1.